The van der Waals surface area contributed by atoms with Crippen molar-refractivity contribution in [2.75, 3.05) is 24.3 Å². The summed E-state index contributed by atoms with van der Waals surface area (Å²) in [5.74, 6) is 0.363. The minimum Gasteiger partial charge on any atom is -0.347 e. The van der Waals surface area contributed by atoms with E-state index >= 15 is 0 Å². The number of nitrogens with zero attached hydrogens (tertiary/aromatic N) is 4. The van der Waals surface area contributed by atoms with E-state index in [2.05, 4.69) is 20.3 Å². The molecule has 5 nitrogen and oxygen atoms in total. The van der Waals surface area contributed by atoms with E-state index < -0.39 is 11.7 Å². The number of anilines is 3. The zero-order valence-corrected chi connectivity index (χ0v) is 11.9. The minimum atomic E-state index is -4.41. The molecule has 0 radical (unpaired) electrons. The van der Waals surface area contributed by atoms with Crippen LogP contribution in [-0.2, 0) is 6.18 Å². The molecule has 21 heavy (non-hydrogen) atoms. The van der Waals surface area contributed by atoms with Crippen LogP contribution < -0.4 is 10.2 Å². The van der Waals surface area contributed by atoms with Crippen LogP contribution in [0.5, 0.6) is 0 Å². The van der Waals surface area contributed by atoms with Crippen LogP contribution in [0.15, 0.2) is 24.3 Å². The van der Waals surface area contributed by atoms with Crippen LogP contribution >= 0.6 is 11.6 Å². The van der Waals surface area contributed by atoms with Crippen molar-refractivity contribution in [2.24, 2.45) is 0 Å². The molecule has 0 spiro atoms. The molecule has 0 bridgehead atoms. The fourth-order valence-corrected chi connectivity index (χ4v) is 1.65. The Morgan fingerprint density at radius 1 is 1.14 bits per heavy atom. The number of nitrogens with one attached hydrogen (secondary N) is 1. The number of hydrogen-bond acceptors (Lipinski definition) is 5. The average Bonchev–Trinajstić information content (AvgIpc) is 2.37. The lowest BCUT2D eigenvalue weighted by Gasteiger charge is -2.13. The second-order valence-corrected chi connectivity index (χ2v) is 4.66. The van der Waals surface area contributed by atoms with E-state index in [1.807, 2.05) is 0 Å². The molecule has 9 heteroatoms. The van der Waals surface area contributed by atoms with E-state index in [1.165, 1.54) is 12.1 Å². The van der Waals surface area contributed by atoms with Gasteiger partial charge in [0.1, 0.15) is 0 Å². The largest absolute Gasteiger partial charge is 0.416 e. The first-order valence-electron chi connectivity index (χ1n) is 5.79. The standard InChI is InChI=1S/C12H11ClF3N5/c1-21(2)11-19-9(13)18-10(20-11)17-8-5-3-4-7(6-8)12(14,15)16/h3-6H,1-2H3,(H,17,18,19,20). The van der Waals surface area contributed by atoms with Crippen molar-refractivity contribution in [2.45, 2.75) is 6.18 Å². The van der Waals surface area contributed by atoms with Crippen LogP contribution in [0, 0.1) is 0 Å². The first kappa shape index (κ1) is 15.3. The summed E-state index contributed by atoms with van der Waals surface area (Å²) in [6, 6.07) is 4.72. The van der Waals surface area contributed by atoms with Gasteiger partial charge in [-0.25, -0.2) is 0 Å². The molecular formula is C12H11ClF3N5. The molecule has 0 unspecified atom stereocenters. The van der Waals surface area contributed by atoms with Gasteiger partial charge in [-0.3, -0.25) is 0 Å². The second-order valence-electron chi connectivity index (χ2n) is 4.33. The maximum absolute atomic E-state index is 12.6. The monoisotopic (exact) mass is 317 g/mol. The first-order chi connectivity index (χ1) is 9.75. The molecule has 0 saturated heterocycles. The predicted octanol–water partition coefficient (Wildman–Crippen LogP) is 3.35. The average molecular weight is 318 g/mol. The summed E-state index contributed by atoms with van der Waals surface area (Å²) in [5.41, 5.74) is -0.558. The Morgan fingerprint density at radius 3 is 2.48 bits per heavy atom. The van der Waals surface area contributed by atoms with Gasteiger partial charge in [-0.15, -0.1) is 0 Å². The number of rotatable bonds is 3. The van der Waals surface area contributed by atoms with Crippen molar-refractivity contribution in [3.05, 3.63) is 35.1 Å². The highest BCUT2D eigenvalue weighted by Crippen LogP contribution is 2.31. The molecule has 0 aliphatic rings. The van der Waals surface area contributed by atoms with E-state index in [9.17, 15) is 13.2 Å². The molecule has 0 saturated carbocycles. The summed E-state index contributed by atoms with van der Waals surface area (Å²) in [4.78, 5) is 13.4. The number of alkyl halides is 3. The van der Waals surface area contributed by atoms with Crippen molar-refractivity contribution in [3.63, 3.8) is 0 Å². The summed E-state index contributed by atoms with van der Waals surface area (Å²) in [7, 11) is 3.42. The quantitative estimate of drug-likeness (QED) is 0.941. The van der Waals surface area contributed by atoms with Crippen molar-refractivity contribution in [1.29, 1.82) is 0 Å². The van der Waals surface area contributed by atoms with Gasteiger partial charge in [0.2, 0.25) is 17.2 Å². The summed E-state index contributed by atoms with van der Waals surface area (Å²) in [6.45, 7) is 0. The first-order valence-corrected chi connectivity index (χ1v) is 6.16. The SMILES string of the molecule is CN(C)c1nc(Cl)nc(Nc2cccc(C(F)(F)F)c2)n1. The Hall–Kier alpha value is -2.09. The Labute approximate surface area is 123 Å². The summed E-state index contributed by atoms with van der Waals surface area (Å²) >= 11 is 5.76. The third kappa shape index (κ3) is 3.94. The van der Waals surface area contributed by atoms with Gasteiger partial charge < -0.3 is 10.2 Å². The molecular weight excluding hydrogens is 307 g/mol. The molecule has 112 valence electrons. The molecule has 2 rings (SSSR count). The Bertz CT molecular complexity index is 645. The van der Waals surface area contributed by atoms with Crippen LogP contribution in [0.25, 0.3) is 0 Å². The van der Waals surface area contributed by atoms with E-state index in [1.54, 1.807) is 19.0 Å². The fourth-order valence-electron chi connectivity index (χ4n) is 1.50. The molecule has 1 N–H and O–H groups in total. The number of halogens is 4. The van der Waals surface area contributed by atoms with E-state index in [-0.39, 0.29) is 16.9 Å². The number of hydrogen-bond donors (Lipinski definition) is 1. The van der Waals surface area contributed by atoms with Crippen LogP contribution in [0.1, 0.15) is 5.56 Å². The molecule has 1 aromatic heterocycles. The lowest BCUT2D eigenvalue weighted by molar-refractivity contribution is -0.137. The van der Waals surface area contributed by atoms with E-state index in [4.69, 9.17) is 11.6 Å². The van der Waals surface area contributed by atoms with Crippen LogP contribution in [0.3, 0.4) is 0 Å². The molecule has 1 aromatic carbocycles. The molecule has 0 aliphatic carbocycles. The van der Waals surface area contributed by atoms with Gasteiger partial charge in [0, 0.05) is 19.8 Å². The van der Waals surface area contributed by atoms with Crippen LogP contribution in [0.2, 0.25) is 5.28 Å². The highest BCUT2D eigenvalue weighted by molar-refractivity contribution is 6.28. The molecule has 1 heterocycles. The Kier molecular flexibility index (Phi) is 4.17. The lowest BCUT2D eigenvalue weighted by Crippen LogP contribution is -2.14. The van der Waals surface area contributed by atoms with Crippen molar-refractivity contribution in [3.8, 4) is 0 Å². The Morgan fingerprint density at radius 2 is 1.86 bits per heavy atom. The van der Waals surface area contributed by atoms with Crippen LogP contribution in [-0.4, -0.2) is 29.0 Å². The van der Waals surface area contributed by atoms with Gasteiger partial charge in [-0.2, -0.15) is 28.1 Å². The Balaban J connectivity index is 2.30. The normalized spacial score (nSPS) is 11.3. The third-order valence-electron chi connectivity index (χ3n) is 2.44. The molecule has 0 fully saturated rings. The zero-order valence-electron chi connectivity index (χ0n) is 11.1. The van der Waals surface area contributed by atoms with E-state index in [0.717, 1.165) is 12.1 Å². The zero-order chi connectivity index (χ0) is 15.6. The highest BCUT2D eigenvalue weighted by atomic mass is 35.5. The molecule has 0 atom stereocenters. The molecule has 0 amide bonds. The van der Waals surface area contributed by atoms with Gasteiger partial charge in [0.15, 0.2) is 0 Å². The summed E-state index contributed by atoms with van der Waals surface area (Å²) < 4.78 is 37.9. The number of benzene rings is 1. The molecule has 2 aromatic rings. The van der Waals surface area contributed by atoms with E-state index in [0.29, 0.717) is 5.95 Å². The highest BCUT2D eigenvalue weighted by Gasteiger charge is 2.30. The van der Waals surface area contributed by atoms with Gasteiger partial charge in [-0.05, 0) is 29.8 Å². The van der Waals surface area contributed by atoms with Crippen molar-refractivity contribution in [1.82, 2.24) is 15.0 Å². The molecule has 0 aliphatic heterocycles. The van der Waals surface area contributed by atoms with Gasteiger partial charge in [0.05, 0.1) is 5.56 Å². The third-order valence-corrected chi connectivity index (χ3v) is 2.61. The topological polar surface area (TPSA) is 53.9 Å². The lowest BCUT2D eigenvalue weighted by atomic mass is 10.2. The number of aromatic nitrogens is 3. The fraction of sp³-hybridized carbons (Fsp3) is 0.250. The second kappa shape index (κ2) is 5.72. The van der Waals surface area contributed by atoms with Gasteiger partial charge >= 0.3 is 6.18 Å². The predicted molar refractivity (Wildman–Crippen MR) is 73.9 cm³/mol. The maximum atomic E-state index is 12.6. The smallest absolute Gasteiger partial charge is 0.347 e. The van der Waals surface area contributed by atoms with Gasteiger partial charge in [0.25, 0.3) is 0 Å². The summed E-state index contributed by atoms with van der Waals surface area (Å²) in [6.07, 6.45) is -4.41. The van der Waals surface area contributed by atoms with Gasteiger partial charge in [-0.1, -0.05) is 6.07 Å². The van der Waals surface area contributed by atoms with Crippen molar-refractivity contribution < 1.29 is 13.2 Å². The maximum Gasteiger partial charge on any atom is 0.416 e. The summed E-state index contributed by atoms with van der Waals surface area (Å²) in [5, 5.41) is 2.63. The van der Waals surface area contributed by atoms with Crippen molar-refractivity contribution >= 4 is 29.2 Å². The van der Waals surface area contributed by atoms with Crippen LogP contribution in [0.4, 0.5) is 30.8 Å². The minimum absolute atomic E-state index is 0.0526.